The summed E-state index contributed by atoms with van der Waals surface area (Å²) in [5, 5.41) is 0. The normalized spacial score (nSPS) is 12.6. The van der Waals surface area contributed by atoms with Gasteiger partial charge in [0.15, 0.2) is 0 Å². The quantitative estimate of drug-likeness (QED) is 0.849. The molecular weight excluding hydrogens is 302 g/mol. The van der Waals surface area contributed by atoms with E-state index < -0.39 is 22.1 Å². The molecule has 0 aliphatic heterocycles. The molecule has 116 valence electrons. The Labute approximate surface area is 129 Å². The van der Waals surface area contributed by atoms with Crippen LogP contribution in [-0.4, -0.2) is 20.4 Å². The van der Waals surface area contributed by atoms with Gasteiger partial charge in [0.25, 0.3) is 0 Å². The van der Waals surface area contributed by atoms with Crippen LogP contribution in [0.5, 0.6) is 0 Å². The Morgan fingerprint density at radius 2 is 1.68 bits per heavy atom. The molecule has 0 radical (unpaired) electrons. The minimum atomic E-state index is -4.14. The molecule has 0 saturated heterocycles. The van der Waals surface area contributed by atoms with Crippen molar-refractivity contribution in [1.29, 1.82) is 0 Å². The van der Waals surface area contributed by atoms with Gasteiger partial charge in [-0.2, -0.15) is 8.42 Å². The van der Waals surface area contributed by atoms with Crippen molar-refractivity contribution in [2.45, 2.75) is 24.3 Å². The minimum Gasteiger partial charge on any atom is -0.341 e. The van der Waals surface area contributed by atoms with E-state index in [0.29, 0.717) is 0 Å². The summed E-state index contributed by atoms with van der Waals surface area (Å²) >= 11 is 0. The molecule has 0 unspecified atom stereocenters. The highest BCUT2D eigenvalue weighted by Crippen LogP contribution is 2.14. The number of rotatable bonds is 5. The molecule has 0 amide bonds. The Hall–Kier alpha value is -2.18. The zero-order valence-electron chi connectivity index (χ0n) is 12.1. The van der Waals surface area contributed by atoms with Crippen molar-refractivity contribution in [1.82, 2.24) is 0 Å². The predicted octanol–water partition coefficient (Wildman–Crippen LogP) is 1.80. The van der Waals surface area contributed by atoms with E-state index in [1.54, 1.807) is 12.1 Å². The highest BCUT2D eigenvalue weighted by atomic mass is 32.2. The van der Waals surface area contributed by atoms with Gasteiger partial charge in [-0.25, -0.2) is 4.79 Å². The minimum absolute atomic E-state index is 0.0710. The fourth-order valence-corrected chi connectivity index (χ4v) is 2.78. The molecule has 0 aliphatic rings. The number of aryl methyl sites for hydroxylation is 1. The summed E-state index contributed by atoms with van der Waals surface area (Å²) in [6.45, 7) is 1.83. The van der Waals surface area contributed by atoms with Crippen molar-refractivity contribution in [3.8, 4) is 0 Å². The lowest BCUT2D eigenvalue weighted by Gasteiger charge is -2.11. The maximum atomic E-state index is 12.0. The SMILES string of the molecule is Cc1ccc(S(=O)(=O)OC(=O)[C@H](N)Cc2ccccc2)cc1. The van der Waals surface area contributed by atoms with Crippen LogP contribution in [0.2, 0.25) is 0 Å². The van der Waals surface area contributed by atoms with Gasteiger partial charge >= 0.3 is 16.1 Å². The van der Waals surface area contributed by atoms with Crippen LogP contribution >= 0.6 is 0 Å². The number of carbonyl (C=O) groups is 1. The highest BCUT2D eigenvalue weighted by Gasteiger charge is 2.24. The summed E-state index contributed by atoms with van der Waals surface area (Å²) in [5.41, 5.74) is 7.46. The number of hydrogen-bond acceptors (Lipinski definition) is 5. The third kappa shape index (κ3) is 4.16. The van der Waals surface area contributed by atoms with Crippen molar-refractivity contribution in [3.05, 3.63) is 65.7 Å². The van der Waals surface area contributed by atoms with E-state index in [-0.39, 0.29) is 11.3 Å². The van der Waals surface area contributed by atoms with Gasteiger partial charge in [0.2, 0.25) is 0 Å². The smallest absolute Gasteiger partial charge is 0.341 e. The van der Waals surface area contributed by atoms with Crippen LogP contribution in [0.3, 0.4) is 0 Å². The van der Waals surface area contributed by atoms with E-state index in [1.165, 1.54) is 12.1 Å². The molecule has 2 aromatic rings. The predicted molar refractivity (Wildman–Crippen MR) is 82.6 cm³/mol. The second-order valence-corrected chi connectivity index (χ2v) is 6.51. The number of carbonyl (C=O) groups excluding carboxylic acids is 1. The van der Waals surface area contributed by atoms with Crippen molar-refractivity contribution in [3.63, 3.8) is 0 Å². The molecule has 5 nitrogen and oxygen atoms in total. The second-order valence-electron chi connectivity index (χ2n) is 4.97. The van der Waals surface area contributed by atoms with Gasteiger partial charge in [0.05, 0.1) is 0 Å². The van der Waals surface area contributed by atoms with Crippen LogP contribution in [0.4, 0.5) is 0 Å². The lowest BCUT2D eigenvalue weighted by Crippen LogP contribution is -2.35. The molecule has 6 heteroatoms. The van der Waals surface area contributed by atoms with Crippen LogP contribution < -0.4 is 5.73 Å². The molecule has 0 saturated carbocycles. The molecule has 0 aliphatic carbocycles. The monoisotopic (exact) mass is 319 g/mol. The number of nitrogens with two attached hydrogens (primary N) is 1. The average molecular weight is 319 g/mol. The van der Waals surface area contributed by atoms with Crippen LogP contribution in [-0.2, 0) is 25.5 Å². The van der Waals surface area contributed by atoms with Gasteiger partial charge in [-0.1, -0.05) is 48.0 Å². The summed E-state index contributed by atoms with van der Waals surface area (Å²) < 4.78 is 28.6. The van der Waals surface area contributed by atoms with Gasteiger partial charge in [-0.3, -0.25) is 0 Å². The Bertz CT molecular complexity index is 739. The van der Waals surface area contributed by atoms with Gasteiger partial charge in [-0.05, 0) is 31.0 Å². The van der Waals surface area contributed by atoms with E-state index in [4.69, 9.17) is 5.73 Å². The van der Waals surface area contributed by atoms with Crippen molar-refractivity contribution in [2.24, 2.45) is 5.73 Å². The number of benzene rings is 2. The molecule has 1 atom stereocenters. The molecule has 0 aromatic heterocycles. The summed E-state index contributed by atoms with van der Waals surface area (Å²) in [6, 6.07) is 14.1. The van der Waals surface area contributed by atoms with Gasteiger partial charge in [0.1, 0.15) is 10.9 Å². The first-order chi connectivity index (χ1) is 10.4. The lowest BCUT2D eigenvalue weighted by atomic mass is 10.1. The van der Waals surface area contributed by atoms with Crippen molar-refractivity contribution >= 4 is 16.1 Å². The summed E-state index contributed by atoms with van der Waals surface area (Å²) in [6.07, 6.45) is 0.211. The van der Waals surface area contributed by atoms with E-state index in [2.05, 4.69) is 4.18 Å². The largest absolute Gasteiger partial charge is 0.341 e. The highest BCUT2D eigenvalue weighted by molar-refractivity contribution is 7.87. The number of hydrogen-bond donors (Lipinski definition) is 1. The molecule has 22 heavy (non-hydrogen) atoms. The Morgan fingerprint density at radius 1 is 1.09 bits per heavy atom. The second kappa shape index (κ2) is 6.72. The molecule has 0 fully saturated rings. The fourth-order valence-electron chi connectivity index (χ4n) is 1.87. The summed E-state index contributed by atoms with van der Waals surface area (Å²) in [4.78, 5) is 11.8. The average Bonchev–Trinajstić information content (AvgIpc) is 2.48. The van der Waals surface area contributed by atoms with Crippen LogP contribution in [0.25, 0.3) is 0 Å². The Balaban J connectivity index is 2.05. The van der Waals surface area contributed by atoms with Gasteiger partial charge in [-0.15, -0.1) is 0 Å². The van der Waals surface area contributed by atoms with Gasteiger partial charge < -0.3 is 9.92 Å². The zero-order chi connectivity index (χ0) is 16.2. The third-order valence-corrected chi connectivity index (χ3v) is 4.34. The molecular formula is C16H17NO4S. The maximum Gasteiger partial charge on any atom is 0.341 e. The van der Waals surface area contributed by atoms with E-state index in [0.717, 1.165) is 11.1 Å². The molecule has 2 aromatic carbocycles. The Morgan fingerprint density at radius 3 is 2.27 bits per heavy atom. The molecule has 0 spiro atoms. The maximum absolute atomic E-state index is 12.0. The fraction of sp³-hybridized carbons (Fsp3) is 0.188. The molecule has 2 rings (SSSR count). The van der Waals surface area contributed by atoms with Crippen molar-refractivity contribution < 1.29 is 17.4 Å². The first-order valence-corrected chi connectivity index (χ1v) is 8.14. The molecule has 0 bridgehead atoms. The molecule has 2 N–H and O–H groups in total. The summed E-state index contributed by atoms with van der Waals surface area (Å²) in [7, 11) is -4.14. The van der Waals surface area contributed by atoms with Crippen LogP contribution in [0, 0.1) is 6.92 Å². The van der Waals surface area contributed by atoms with Gasteiger partial charge in [0, 0.05) is 0 Å². The zero-order valence-corrected chi connectivity index (χ0v) is 12.9. The molecule has 0 heterocycles. The van der Waals surface area contributed by atoms with E-state index >= 15 is 0 Å². The van der Waals surface area contributed by atoms with E-state index in [9.17, 15) is 13.2 Å². The van der Waals surface area contributed by atoms with E-state index in [1.807, 2.05) is 37.3 Å². The third-order valence-electron chi connectivity index (χ3n) is 3.10. The summed E-state index contributed by atoms with van der Waals surface area (Å²) in [5.74, 6) is -0.968. The first kappa shape index (κ1) is 16.2. The lowest BCUT2D eigenvalue weighted by molar-refractivity contribution is -0.135. The first-order valence-electron chi connectivity index (χ1n) is 6.73. The van der Waals surface area contributed by atoms with Crippen LogP contribution in [0.15, 0.2) is 59.5 Å². The topological polar surface area (TPSA) is 86.5 Å². The standard InChI is InChI=1S/C16H17NO4S/c1-12-7-9-14(10-8-12)22(19,20)21-16(18)15(17)11-13-5-3-2-4-6-13/h2-10,15H,11,17H2,1H3/t15-/m1/s1. The van der Waals surface area contributed by atoms with Crippen LogP contribution in [0.1, 0.15) is 11.1 Å². The Kier molecular flexibility index (Phi) is 4.95. The van der Waals surface area contributed by atoms with Crippen molar-refractivity contribution in [2.75, 3.05) is 0 Å².